The van der Waals surface area contributed by atoms with Crippen molar-refractivity contribution in [1.82, 2.24) is 5.32 Å². The van der Waals surface area contributed by atoms with Crippen LogP contribution in [0.5, 0.6) is 0 Å². The van der Waals surface area contributed by atoms with Gasteiger partial charge in [0.1, 0.15) is 0 Å². The lowest BCUT2D eigenvalue weighted by Gasteiger charge is -2.16. The molecule has 0 saturated heterocycles. The molecule has 0 aliphatic carbocycles. The third-order valence-corrected chi connectivity index (χ3v) is 4.16. The van der Waals surface area contributed by atoms with Gasteiger partial charge >= 0.3 is 7.60 Å². The van der Waals surface area contributed by atoms with Crippen molar-refractivity contribution in [2.24, 2.45) is 5.73 Å². The van der Waals surface area contributed by atoms with Gasteiger partial charge in [-0.2, -0.15) is 0 Å². The summed E-state index contributed by atoms with van der Waals surface area (Å²) in [5, 5.41) is 3.23. The molecule has 0 aromatic heterocycles. The van der Waals surface area contributed by atoms with Crippen molar-refractivity contribution in [2.45, 2.75) is 26.7 Å². The summed E-state index contributed by atoms with van der Waals surface area (Å²) >= 11 is 0. The van der Waals surface area contributed by atoms with Crippen LogP contribution in [0.1, 0.15) is 26.7 Å². The Morgan fingerprint density at radius 1 is 1.12 bits per heavy atom. The summed E-state index contributed by atoms with van der Waals surface area (Å²) in [7, 11) is -2.84. The zero-order chi connectivity index (χ0) is 12.3. The quantitative estimate of drug-likeness (QED) is 0.431. The third-order valence-electron chi connectivity index (χ3n) is 1.99. The van der Waals surface area contributed by atoms with Gasteiger partial charge in [0, 0.05) is 0 Å². The van der Waals surface area contributed by atoms with Crippen LogP contribution in [0.4, 0.5) is 0 Å². The van der Waals surface area contributed by atoms with E-state index in [0.29, 0.717) is 25.9 Å². The maximum Gasteiger partial charge on any atom is 0.330 e. The maximum absolute atomic E-state index is 12.0. The lowest BCUT2D eigenvalue weighted by Crippen LogP contribution is -2.20. The van der Waals surface area contributed by atoms with Gasteiger partial charge in [-0.1, -0.05) is 0 Å². The van der Waals surface area contributed by atoms with Crippen molar-refractivity contribution in [3.8, 4) is 0 Å². The van der Waals surface area contributed by atoms with Gasteiger partial charge in [-0.25, -0.2) is 0 Å². The molecule has 0 aliphatic rings. The second-order valence-corrected chi connectivity index (χ2v) is 5.60. The molecule has 0 aromatic rings. The van der Waals surface area contributed by atoms with E-state index < -0.39 is 7.60 Å². The zero-order valence-corrected chi connectivity index (χ0v) is 11.3. The molecule has 0 amide bonds. The SMILES string of the molecule is CCOP(=O)(CCCNCCCN)OCC. The Labute approximate surface area is 98.6 Å². The number of nitrogens with one attached hydrogen (secondary N) is 1. The summed E-state index contributed by atoms with van der Waals surface area (Å²) in [6, 6.07) is 0. The first-order chi connectivity index (χ1) is 7.68. The molecular weight excluding hydrogens is 227 g/mol. The Kier molecular flexibility index (Phi) is 10.3. The van der Waals surface area contributed by atoms with Crippen molar-refractivity contribution in [1.29, 1.82) is 0 Å². The molecule has 0 unspecified atom stereocenters. The highest BCUT2D eigenvalue weighted by molar-refractivity contribution is 7.53. The predicted molar refractivity (Wildman–Crippen MR) is 66.9 cm³/mol. The van der Waals surface area contributed by atoms with Crippen LogP contribution >= 0.6 is 7.60 Å². The van der Waals surface area contributed by atoms with E-state index in [1.165, 1.54) is 0 Å². The normalized spacial score (nSPS) is 11.9. The first kappa shape index (κ1) is 16.1. The fraction of sp³-hybridized carbons (Fsp3) is 1.00. The Morgan fingerprint density at radius 3 is 2.19 bits per heavy atom. The van der Waals surface area contributed by atoms with Crippen LogP contribution < -0.4 is 11.1 Å². The average molecular weight is 252 g/mol. The topological polar surface area (TPSA) is 73.6 Å². The molecule has 0 saturated carbocycles. The molecule has 0 rings (SSSR count). The van der Waals surface area contributed by atoms with E-state index in [-0.39, 0.29) is 0 Å². The van der Waals surface area contributed by atoms with Crippen LogP contribution in [0.25, 0.3) is 0 Å². The fourth-order valence-electron chi connectivity index (χ4n) is 1.31. The van der Waals surface area contributed by atoms with Crippen molar-refractivity contribution < 1.29 is 13.6 Å². The first-order valence-electron chi connectivity index (χ1n) is 5.97. The Morgan fingerprint density at radius 2 is 1.69 bits per heavy atom. The van der Waals surface area contributed by atoms with Crippen LogP contribution in [-0.4, -0.2) is 39.0 Å². The van der Waals surface area contributed by atoms with Crippen molar-refractivity contribution in [2.75, 3.05) is 39.0 Å². The van der Waals surface area contributed by atoms with Crippen LogP contribution in [0, 0.1) is 0 Å². The van der Waals surface area contributed by atoms with Crippen LogP contribution in [0.3, 0.4) is 0 Å². The summed E-state index contributed by atoms with van der Waals surface area (Å²) in [5.74, 6) is 0. The summed E-state index contributed by atoms with van der Waals surface area (Å²) in [4.78, 5) is 0. The van der Waals surface area contributed by atoms with Crippen LogP contribution in [0.15, 0.2) is 0 Å². The lowest BCUT2D eigenvalue weighted by molar-refractivity contribution is 0.219. The van der Waals surface area contributed by atoms with Crippen molar-refractivity contribution >= 4 is 7.60 Å². The highest BCUT2D eigenvalue weighted by Crippen LogP contribution is 2.48. The largest absolute Gasteiger partial charge is 0.330 e. The first-order valence-corrected chi connectivity index (χ1v) is 7.70. The molecule has 0 atom stereocenters. The number of nitrogens with two attached hydrogens (primary N) is 1. The lowest BCUT2D eigenvalue weighted by atomic mass is 10.4. The molecule has 3 N–H and O–H groups in total. The molecule has 0 bridgehead atoms. The van der Waals surface area contributed by atoms with Gasteiger partial charge < -0.3 is 20.1 Å². The molecule has 0 aliphatic heterocycles. The number of hydrogen-bond donors (Lipinski definition) is 2. The van der Waals surface area contributed by atoms with Gasteiger partial charge in [-0.15, -0.1) is 0 Å². The minimum absolute atomic E-state index is 0.428. The van der Waals surface area contributed by atoms with E-state index in [2.05, 4.69) is 5.32 Å². The molecule has 98 valence electrons. The molecule has 6 heteroatoms. The van der Waals surface area contributed by atoms with E-state index in [1.807, 2.05) is 13.8 Å². The van der Waals surface area contributed by atoms with Gasteiger partial charge in [0.15, 0.2) is 0 Å². The van der Waals surface area contributed by atoms with Crippen LogP contribution in [-0.2, 0) is 13.6 Å². The van der Waals surface area contributed by atoms with E-state index in [9.17, 15) is 4.57 Å². The number of rotatable bonds is 11. The van der Waals surface area contributed by atoms with Crippen LogP contribution in [0.2, 0.25) is 0 Å². The Hall–Kier alpha value is 0.0700. The smallest absolute Gasteiger partial charge is 0.330 e. The van der Waals surface area contributed by atoms with Gasteiger partial charge in [-0.3, -0.25) is 4.57 Å². The standard InChI is InChI=1S/C10H25N2O3P/c1-3-14-16(13,15-4-2)10-6-9-12-8-5-7-11/h12H,3-11H2,1-2H3. The van der Waals surface area contributed by atoms with Gasteiger partial charge in [0.25, 0.3) is 0 Å². The molecule has 0 radical (unpaired) electrons. The fourth-order valence-corrected chi connectivity index (χ4v) is 2.97. The summed E-state index contributed by atoms with van der Waals surface area (Å²) in [5.41, 5.74) is 5.37. The number of hydrogen-bond acceptors (Lipinski definition) is 5. The predicted octanol–water partition coefficient (Wildman–Crippen LogP) is 1.58. The average Bonchev–Trinajstić information content (AvgIpc) is 2.24. The Balaban J connectivity index is 3.64. The maximum atomic E-state index is 12.0. The van der Waals surface area contributed by atoms with Crippen molar-refractivity contribution in [3.63, 3.8) is 0 Å². The minimum atomic E-state index is -2.84. The van der Waals surface area contributed by atoms with E-state index >= 15 is 0 Å². The zero-order valence-electron chi connectivity index (χ0n) is 10.4. The Bertz CT molecular complexity index is 193. The molecule has 0 fully saturated rings. The van der Waals surface area contributed by atoms with Gasteiger partial charge in [0.05, 0.1) is 19.4 Å². The minimum Gasteiger partial charge on any atom is -0.330 e. The second-order valence-electron chi connectivity index (χ2n) is 3.42. The molecule has 16 heavy (non-hydrogen) atoms. The van der Waals surface area contributed by atoms with Crippen molar-refractivity contribution in [3.05, 3.63) is 0 Å². The van der Waals surface area contributed by atoms with E-state index in [0.717, 1.165) is 25.9 Å². The summed E-state index contributed by atoms with van der Waals surface area (Å²) in [6.45, 7) is 6.93. The second kappa shape index (κ2) is 10.2. The van der Waals surface area contributed by atoms with E-state index in [4.69, 9.17) is 14.8 Å². The monoisotopic (exact) mass is 252 g/mol. The summed E-state index contributed by atoms with van der Waals surface area (Å²) < 4.78 is 22.4. The third kappa shape index (κ3) is 8.25. The molecule has 0 aromatic carbocycles. The highest BCUT2D eigenvalue weighted by atomic mass is 31.2. The molecule has 0 heterocycles. The van der Waals surface area contributed by atoms with Gasteiger partial charge in [-0.05, 0) is 46.3 Å². The molecule has 0 spiro atoms. The molecule has 5 nitrogen and oxygen atoms in total. The molecular formula is C10H25N2O3P. The van der Waals surface area contributed by atoms with Gasteiger partial charge in [0.2, 0.25) is 0 Å². The highest BCUT2D eigenvalue weighted by Gasteiger charge is 2.22. The van der Waals surface area contributed by atoms with E-state index in [1.54, 1.807) is 0 Å². The summed E-state index contributed by atoms with van der Waals surface area (Å²) in [6.07, 6.45) is 2.24.